The second-order valence-electron chi connectivity index (χ2n) is 8.58. The quantitative estimate of drug-likeness (QED) is 0.659. The van der Waals surface area contributed by atoms with Crippen molar-refractivity contribution in [1.82, 2.24) is 9.88 Å². The smallest absolute Gasteiger partial charge is 0.121 e. The maximum absolute atomic E-state index is 11.0. The molecule has 0 aliphatic heterocycles. The number of methoxy groups -OCH3 is 1. The highest BCUT2D eigenvalue weighted by molar-refractivity contribution is 5.91. The third kappa shape index (κ3) is 6.67. The molecular formula is C22H35N3O2. The summed E-state index contributed by atoms with van der Waals surface area (Å²) in [5.41, 5.74) is 0.910. The van der Waals surface area contributed by atoms with Crippen molar-refractivity contribution in [3.8, 4) is 5.75 Å². The van der Waals surface area contributed by atoms with Crippen LogP contribution in [0, 0.1) is 11.8 Å². The third-order valence-electron chi connectivity index (χ3n) is 4.38. The van der Waals surface area contributed by atoms with Crippen molar-refractivity contribution in [3.05, 3.63) is 30.5 Å². The maximum Gasteiger partial charge on any atom is 0.121 e. The molecule has 2 N–H and O–H groups in total. The fourth-order valence-corrected chi connectivity index (χ4v) is 3.48. The van der Waals surface area contributed by atoms with Crippen molar-refractivity contribution in [2.24, 2.45) is 11.8 Å². The molecule has 27 heavy (non-hydrogen) atoms. The van der Waals surface area contributed by atoms with Gasteiger partial charge >= 0.3 is 0 Å². The molecule has 2 aromatic rings. The number of benzene rings is 1. The number of nitrogens with zero attached hydrogens (tertiary/aromatic N) is 2. The molecule has 150 valence electrons. The summed E-state index contributed by atoms with van der Waals surface area (Å²) in [6, 6.07) is 7.84. The van der Waals surface area contributed by atoms with Gasteiger partial charge in [-0.3, -0.25) is 9.88 Å². The lowest BCUT2D eigenvalue weighted by Gasteiger charge is -2.34. The SMILES string of the molecule is COc1cc(NCC(C)(O)CN(CC(C)C)CC(C)C)c2ncccc2c1. The molecule has 1 aromatic heterocycles. The van der Waals surface area contributed by atoms with Crippen molar-refractivity contribution in [3.63, 3.8) is 0 Å². The summed E-state index contributed by atoms with van der Waals surface area (Å²) in [7, 11) is 1.66. The van der Waals surface area contributed by atoms with Gasteiger partial charge in [0.15, 0.2) is 0 Å². The minimum Gasteiger partial charge on any atom is -0.497 e. The molecule has 5 heteroatoms. The molecule has 0 fully saturated rings. The Balaban J connectivity index is 2.12. The second kappa shape index (κ2) is 9.38. The average Bonchev–Trinajstić information content (AvgIpc) is 2.57. The van der Waals surface area contributed by atoms with E-state index in [9.17, 15) is 5.11 Å². The number of hydrogen-bond donors (Lipinski definition) is 2. The summed E-state index contributed by atoms with van der Waals surface area (Å²) in [4.78, 5) is 6.85. The highest BCUT2D eigenvalue weighted by Crippen LogP contribution is 2.28. The number of aromatic nitrogens is 1. The number of ether oxygens (including phenoxy) is 1. The van der Waals surface area contributed by atoms with Crippen LogP contribution in [-0.4, -0.2) is 53.9 Å². The van der Waals surface area contributed by atoms with Crippen molar-refractivity contribution in [2.75, 3.05) is 38.6 Å². The monoisotopic (exact) mass is 373 g/mol. The van der Waals surface area contributed by atoms with Crippen LogP contribution in [0.3, 0.4) is 0 Å². The predicted octanol–water partition coefficient (Wildman–Crippen LogP) is 4.02. The number of aliphatic hydroxyl groups is 1. The number of hydrogen-bond acceptors (Lipinski definition) is 5. The lowest BCUT2D eigenvalue weighted by molar-refractivity contribution is 0.0239. The van der Waals surface area contributed by atoms with Crippen molar-refractivity contribution >= 4 is 16.6 Å². The second-order valence-corrected chi connectivity index (χ2v) is 8.58. The minimum atomic E-state index is -0.853. The first-order valence-electron chi connectivity index (χ1n) is 9.81. The Kier molecular flexibility index (Phi) is 7.45. The summed E-state index contributed by atoms with van der Waals surface area (Å²) < 4.78 is 5.41. The number of anilines is 1. The van der Waals surface area contributed by atoms with Crippen molar-refractivity contribution in [2.45, 2.75) is 40.2 Å². The van der Waals surface area contributed by atoms with Gasteiger partial charge in [0.1, 0.15) is 5.75 Å². The van der Waals surface area contributed by atoms with E-state index in [1.165, 1.54) is 0 Å². The van der Waals surface area contributed by atoms with Crippen LogP contribution >= 0.6 is 0 Å². The Bertz CT molecular complexity index is 719. The zero-order valence-corrected chi connectivity index (χ0v) is 17.6. The summed E-state index contributed by atoms with van der Waals surface area (Å²) in [6.45, 7) is 13.8. The van der Waals surface area contributed by atoms with Gasteiger partial charge in [-0.1, -0.05) is 33.8 Å². The van der Waals surface area contributed by atoms with E-state index in [0.29, 0.717) is 24.9 Å². The van der Waals surface area contributed by atoms with Gasteiger partial charge in [-0.2, -0.15) is 0 Å². The Labute approximate surface area is 163 Å². The molecule has 0 spiro atoms. The van der Waals surface area contributed by atoms with Gasteiger partial charge in [-0.15, -0.1) is 0 Å². The van der Waals surface area contributed by atoms with Crippen LogP contribution in [0.15, 0.2) is 30.5 Å². The molecule has 0 saturated heterocycles. The topological polar surface area (TPSA) is 57.6 Å². The Morgan fingerprint density at radius 3 is 2.44 bits per heavy atom. The Morgan fingerprint density at radius 2 is 1.85 bits per heavy atom. The van der Waals surface area contributed by atoms with E-state index in [-0.39, 0.29) is 0 Å². The first-order chi connectivity index (χ1) is 12.7. The molecule has 1 aromatic carbocycles. The van der Waals surface area contributed by atoms with Gasteiger partial charge in [0, 0.05) is 43.8 Å². The molecule has 1 atom stereocenters. The van der Waals surface area contributed by atoms with Crippen LogP contribution in [0.25, 0.3) is 10.9 Å². The van der Waals surface area contributed by atoms with E-state index in [0.717, 1.165) is 35.4 Å². The average molecular weight is 374 g/mol. The molecule has 1 heterocycles. The van der Waals surface area contributed by atoms with Crippen LogP contribution in [0.4, 0.5) is 5.69 Å². The maximum atomic E-state index is 11.0. The van der Waals surface area contributed by atoms with Crippen molar-refractivity contribution < 1.29 is 9.84 Å². The largest absolute Gasteiger partial charge is 0.497 e. The van der Waals surface area contributed by atoms with Crippen LogP contribution in [0.1, 0.15) is 34.6 Å². The van der Waals surface area contributed by atoms with E-state index in [1.807, 2.05) is 31.2 Å². The lowest BCUT2D eigenvalue weighted by Crippen LogP contribution is -2.47. The predicted molar refractivity (Wildman–Crippen MR) is 114 cm³/mol. The van der Waals surface area contributed by atoms with Gasteiger partial charge < -0.3 is 15.2 Å². The molecular weight excluding hydrogens is 338 g/mol. The fraction of sp³-hybridized carbons (Fsp3) is 0.591. The molecule has 0 saturated carbocycles. The molecule has 0 aliphatic rings. The highest BCUT2D eigenvalue weighted by atomic mass is 16.5. The van der Waals surface area contributed by atoms with Gasteiger partial charge in [0.2, 0.25) is 0 Å². The number of rotatable bonds is 10. The molecule has 0 amide bonds. The van der Waals surface area contributed by atoms with Gasteiger partial charge in [-0.05, 0) is 30.9 Å². The molecule has 0 radical (unpaired) electrons. The van der Waals surface area contributed by atoms with Gasteiger partial charge in [0.25, 0.3) is 0 Å². The highest BCUT2D eigenvalue weighted by Gasteiger charge is 2.25. The van der Waals surface area contributed by atoms with Crippen LogP contribution in [-0.2, 0) is 0 Å². The molecule has 1 unspecified atom stereocenters. The number of pyridine rings is 1. The zero-order valence-electron chi connectivity index (χ0n) is 17.6. The van der Waals surface area contributed by atoms with E-state index < -0.39 is 5.60 Å². The Morgan fingerprint density at radius 1 is 1.19 bits per heavy atom. The normalized spacial score (nSPS) is 14.1. The standard InChI is InChI=1S/C22H35N3O2/c1-16(2)12-25(13-17(3)4)15-22(5,26)14-24-20-11-19(27-6)10-18-8-7-9-23-21(18)20/h7-11,16-17,24,26H,12-15H2,1-6H3. The van der Waals surface area contributed by atoms with E-state index in [1.54, 1.807) is 13.3 Å². The fourth-order valence-electron chi connectivity index (χ4n) is 3.48. The molecule has 0 bridgehead atoms. The Hall–Kier alpha value is -1.85. The number of fused-ring (bicyclic) bond motifs is 1. The van der Waals surface area contributed by atoms with Crippen LogP contribution in [0.2, 0.25) is 0 Å². The first-order valence-corrected chi connectivity index (χ1v) is 9.81. The number of nitrogens with one attached hydrogen (secondary N) is 1. The van der Waals surface area contributed by atoms with Crippen LogP contribution < -0.4 is 10.1 Å². The summed E-state index contributed by atoms with van der Waals surface area (Å²) >= 11 is 0. The molecule has 5 nitrogen and oxygen atoms in total. The van der Waals surface area contributed by atoms with Gasteiger partial charge in [-0.25, -0.2) is 0 Å². The van der Waals surface area contributed by atoms with E-state index >= 15 is 0 Å². The first kappa shape index (κ1) is 21.5. The minimum absolute atomic E-state index is 0.443. The van der Waals surface area contributed by atoms with Crippen LogP contribution in [0.5, 0.6) is 5.75 Å². The van der Waals surface area contributed by atoms with E-state index in [2.05, 4.69) is 42.9 Å². The van der Waals surface area contributed by atoms with E-state index in [4.69, 9.17) is 4.74 Å². The zero-order chi connectivity index (χ0) is 20.0. The lowest BCUT2D eigenvalue weighted by atomic mass is 10.0. The molecule has 2 rings (SSSR count). The third-order valence-corrected chi connectivity index (χ3v) is 4.38. The summed E-state index contributed by atoms with van der Waals surface area (Å²) in [5.74, 6) is 1.91. The summed E-state index contributed by atoms with van der Waals surface area (Å²) in [5, 5.41) is 15.4. The van der Waals surface area contributed by atoms with Crippen molar-refractivity contribution in [1.29, 1.82) is 0 Å². The molecule has 0 aliphatic carbocycles. The van der Waals surface area contributed by atoms with Gasteiger partial charge in [0.05, 0.1) is 23.9 Å². The summed E-state index contributed by atoms with van der Waals surface area (Å²) in [6.07, 6.45) is 1.78.